The standard InChI is InChI=1S/C32H41F3N2O.CH4/c33-32(34,35)38-29-12-6-11-25(19-29)26-15-18-31-30(20-26)27(22-37(31)21-24-8-2-1-3-9-24)10-5-4-7-23-13-16-28(36)17-14-23;/h6,11-12,15,18-20,22-24,28H,1-5,7-10,13-14,16-17,21,36H2;1H4. The summed E-state index contributed by atoms with van der Waals surface area (Å²) in [7, 11) is 0. The van der Waals surface area contributed by atoms with Gasteiger partial charge in [-0.05, 0) is 104 Å². The van der Waals surface area contributed by atoms with Gasteiger partial charge in [0.25, 0.3) is 0 Å². The van der Waals surface area contributed by atoms with E-state index in [1.54, 1.807) is 6.07 Å². The van der Waals surface area contributed by atoms with Crippen molar-refractivity contribution in [2.45, 2.75) is 110 Å². The molecule has 2 aromatic carbocycles. The zero-order chi connectivity index (χ0) is 26.5. The number of nitrogens with two attached hydrogens (primary N) is 1. The smallest absolute Gasteiger partial charge is 0.406 e. The second kappa shape index (κ2) is 13.3. The molecule has 0 radical (unpaired) electrons. The van der Waals surface area contributed by atoms with Crippen molar-refractivity contribution in [3.8, 4) is 16.9 Å². The molecule has 0 atom stereocenters. The number of alkyl halides is 3. The molecule has 3 nitrogen and oxygen atoms in total. The predicted molar refractivity (Wildman–Crippen MR) is 155 cm³/mol. The molecule has 3 aromatic rings. The van der Waals surface area contributed by atoms with Crippen LogP contribution in [0.2, 0.25) is 0 Å². The van der Waals surface area contributed by atoms with E-state index in [1.165, 1.54) is 86.4 Å². The van der Waals surface area contributed by atoms with Crippen molar-refractivity contribution < 1.29 is 17.9 Å². The van der Waals surface area contributed by atoms with Gasteiger partial charge in [0.2, 0.25) is 0 Å². The number of hydrogen-bond donors (Lipinski definition) is 1. The summed E-state index contributed by atoms with van der Waals surface area (Å²) in [6, 6.07) is 13.0. The van der Waals surface area contributed by atoms with Crippen LogP contribution in [0, 0.1) is 11.8 Å². The Labute approximate surface area is 231 Å². The SMILES string of the molecule is C.NC1CCC(CCCCc2cn(CC3CCCCC3)c3ccc(-c4cccc(OC(F)(F)F)c4)cc23)CC1. The normalized spacial score (nSPS) is 20.6. The molecule has 0 aliphatic heterocycles. The molecule has 0 unspecified atom stereocenters. The van der Waals surface area contributed by atoms with Gasteiger partial charge in [0, 0.05) is 29.7 Å². The van der Waals surface area contributed by atoms with Gasteiger partial charge in [-0.1, -0.05) is 57.7 Å². The zero-order valence-corrected chi connectivity index (χ0v) is 22.3. The zero-order valence-electron chi connectivity index (χ0n) is 22.3. The maximum Gasteiger partial charge on any atom is 0.573 e. The minimum Gasteiger partial charge on any atom is -0.406 e. The lowest BCUT2D eigenvalue weighted by Gasteiger charge is -2.25. The Hall–Kier alpha value is -2.47. The van der Waals surface area contributed by atoms with Crippen LogP contribution >= 0.6 is 0 Å². The first-order valence-electron chi connectivity index (χ1n) is 14.6. The van der Waals surface area contributed by atoms with Crippen molar-refractivity contribution in [3.63, 3.8) is 0 Å². The van der Waals surface area contributed by atoms with E-state index in [-0.39, 0.29) is 13.2 Å². The van der Waals surface area contributed by atoms with E-state index >= 15 is 0 Å². The molecule has 0 amide bonds. The van der Waals surface area contributed by atoms with Crippen LogP contribution in [0.3, 0.4) is 0 Å². The third-order valence-corrected chi connectivity index (χ3v) is 8.74. The number of aryl methyl sites for hydroxylation is 1. The fourth-order valence-electron chi connectivity index (χ4n) is 6.65. The Morgan fingerprint density at radius 2 is 1.59 bits per heavy atom. The molecule has 5 rings (SSSR count). The first kappa shape index (κ1) is 29.5. The summed E-state index contributed by atoms with van der Waals surface area (Å²) < 4.78 is 45.0. The molecule has 2 N–H and O–H groups in total. The molecule has 214 valence electrons. The topological polar surface area (TPSA) is 40.2 Å². The van der Waals surface area contributed by atoms with Crippen LogP contribution < -0.4 is 10.5 Å². The van der Waals surface area contributed by atoms with Crippen LogP contribution in [0.25, 0.3) is 22.0 Å². The summed E-state index contributed by atoms with van der Waals surface area (Å²) >= 11 is 0. The van der Waals surface area contributed by atoms with Crippen molar-refractivity contribution in [2.24, 2.45) is 17.6 Å². The maximum atomic E-state index is 12.8. The summed E-state index contributed by atoms with van der Waals surface area (Å²) in [4.78, 5) is 0. The Morgan fingerprint density at radius 1 is 0.846 bits per heavy atom. The minimum atomic E-state index is -4.70. The maximum absolute atomic E-state index is 12.8. The van der Waals surface area contributed by atoms with E-state index in [4.69, 9.17) is 5.73 Å². The number of rotatable bonds is 9. The highest BCUT2D eigenvalue weighted by Gasteiger charge is 2.31. The molecule has 1 aromatic heterocycles. The highest BCUT2D eigenvalue weighted by Crippen LogP contribution is 2.34. The molecule has 0 saturated heterocycles. The second-order valence-corrected chi connectivity index (χ2v) is 11.6. The van der Waals surface area contributed by atoms with Crippen LogP contribution in [0.4, 0.5) is 13.2 Å². The van der Waals surface area contributed by atoms with Gasteiger partial charge >= 0.3 is 6.36 Å². The Morgan fingerprint density at radius 3 is 2.33 bits per heavy atom. The second-order valence-electron chi connectivity index (χ2n) is 11.6. The third-order valence-electron chi connectivity index (χ3n) is 8.74. The van der Waals surface area contributed by atoms with Gasteiger partial charge in [0.1, 0.15) is 5.75 Å². The largest absolute Gasteiger partial charge is 0.573 e. The average molecular weight is 543 g/mol. The number of aromatic nitrogens is 1. The van der Waals surface area contributed by atoms with Gasteiger partial charge in [-0.25, -0.2) is 0 Å². The Kier molecular flexibility index (Phi) is 10.0. The highest BCUT2D eigenvalue weighted by atomic mass is 19.4. The minimum absolute atomic E-state index is 0. The van der Waals surface area contributed by atoms with E-state index in [0.717, 1.165) is 55.2 Å². The number of halogens is 3. The molecular weight excluding hydrogens is 497 g/mol. The monoisotopic (exact) mass is 542 g/mol. The predicted octanol–water partition coefficient (Wildman–Crippen LogP) is 9.65. The van der Waals surface area contributed by atoms with Crippen molar-refractivity contribution in [2.75, 3.05) is 0 Å². The molecule has 6 heteroatoms. The molecule has 39 heavy (non-hydrogen) atoms. The fraction of sp³-hybridized carbons (Fsp3) is 0.576. The number of benzene rings is 2. The lowest BCUT2D eigenvalue weighted by atomic mass is 9.83. The number of hydrogen-bond acceptors (Lipinski definition) is 2. The number of nitrogens with zero attached hydrogens (tertiary/aromatic N) is 1. The summed E-state index contributed by atoms with van der Waals surface area (Å²) in [6.07, 6.45) is 13.8. The van der Waals surface area contributed by atoms with Crippen LogP contribution in [-0.4, -0.2) is 17.0 Å². The lowest BCUT2D eigenvalue weighted by molar-refractivity contribution is -0.274. The van der Waals surface area contributed by atoms with E-state index < -0.39 is 6.36 Å². The van der Waals surface area contributed by atoms with Crippen LogP contribution in [0.1, 0.15) is 90.0 Å². The third kappa shape index (κ3) is 8.03. The quantitative estimate of drug-likeness (QED) is 0.273. The van der Waals surface area contributed by atoms with Gasteiger partial charge in [-0.2, -0.15) is 0 Å². The van der Waals surface area contributed by atoms with E-state index in [0.29, 0.717) is 6.04 Å². The van der Waals surface area contributed by atoms with Gasteiger partial charge in [0.15, 0.2) is 0 Å². The van der Waals surface area contributed by atoms with Gasteiger partial charge < -0.3 is 15.0 Å². The Bertz CT molecular complexity index is 1190. The lowest BCUT2D eigenvalue weighted by Crippen LogP contribution is -2.26. The van der Waals surface area contributed by atoms with Crippen molar-refractivity contribution in [1.82, 2.24) is 4.57 Å². The van der Waals surface area contributed by atoms with Crippen LogP contribution in [-0.2, 0) is 13.0 Å². The fourth-order valence-corrected chi connectivity index (χ4v) is 6.65. The van der Waals surface area contributed by atoms with E-state index in [1.807, 2.05) is 12.1 Å². The summed E-state index contributed by atoms with van der Waals surface area (Å²) in [5, 5.41) is 1.23. The highest BCUT2D eigenvalue weighted by molar-refractivity contribution is 5.89. The molecule has 2 saturated carbocycles. The molecular formula is C33H45F3N2O. The molecule has 1 heterocycles. The first-order chi connectivity index (χ1) is 18.3. The van der Waals surface area contributed by atoms with Crippen molar-refractivity contribution in [3.05, 3.63) is 54.2 Å². The van der Waals surface area contributed by atoms with Crippen LogP contribution in [0.15, 0.2) is 48.7 Å². The van der Waals surface area contributed by atoms with Gasteiger partial charge in [-0.3, -0.25) is 0 Å². The van der Waals surface area contributed by atoms with Gasteiger partial charge in [-0.15, -0.1) is 13.2 Å². The molecule has 0 spiro atoms. The number of unbranched alkanes of at least 4 members (excludes halogenated alkanes) is 1. The molecule has 0 bridgehead atoms. The molecule has 2 aliphatic carbocycles. The van der Waals surface area contributed by atoms with Gasteiger partial charge in [0.05, 0.1) is 0 Å². The van der Waals surface area contributed by atoms with Crippen LogP contribution in [0.5, 0.6) is 5.75 Å². The summed E-state index contributed by atoms with van der Waals surface area (Å²) in [5.74, 6) is 1.36. The average Bonchev–Trinajstić information content (AvgIpc) is 3.24. The van der Waals surface area contributed by atoms with E-state index in [9.17, 15) is 13.2 Å². The molecule has 2 fully saturated rings. The summed E-state index contributed by atoms with van der Waals surface area (Å²) in [5.41, 5.74) is 10.3. The Balaban J connectivity index is 0.00000353. The van der Waals surface area contributed by atoms with Crippen molar-refractivity contribution in [1.29, 1.82) is 0 Å². The molecule has 2 aliphatic rings. The summed E-state index contributed by atoms with van der Waals surface area (Å²) in [6.45, 7) is 1.05. The van der Waals surface area contributed by atoms with Crippen molar-refractivity contribution >= 4 is 10.9 Å². The van der Waals surface area contributed by atoms with E-state index in [2.05, 4.69) is 27.6 Å². The first-order valence-corrected chi connectivity index (χ1v) is 14.6. The number of fused-ring (bicyclic) bond motifs is 1. The number of ether oxygens (including phenoxy) is 1.